The average molecular weight is 446 g/mol. The molecule has 2 amide bonds. The molecule has 0 aliphatic carbocycles. The standard InChI is InChI=1S/C23H24ClNO4S/c1-5-15(3)29-21-18(24)10-17(11-19(21)28-4)12-20-22(26)25(23(27)30-20)13-16-8-6-7-14(2)9-16/h6-12,15H,5,13H2,1-4H3/b20-12-/t15-/m1/s1. The molecule has 0 unspecified atom stereocenters. The zero-order chi connectivity index (χ0) is 21.8. The van der Waals surface area contributed by atoms with Crippen molar-refractivity contribution in [1.29, 1.82) is 0 Å². The molecule has 1 saturated heterocycles. The molecule has 30 heavy (non-hydrogen) atoms. The molecule has 1 aliphatic rings. The zero-order valence-corrected chi connectivity index (χ0v) is 19.0. The van der Waals surface area contributed by atoms with Gasteiger partial charge in [-0.1, -0.05) is 48.4 Å². The Morgan fingerprint density at radius 3 is 2.67 bits per heavy atom. The van der Waals surface area contributed by atoms with Crippen LogP contribution in [0, 0.1) is 6.92 Å². The van der Waals surface area contributed by atoms with Gasteiger partial charge < -0.3 is 9.47 Å². The van der Waals surface area contributed by atoms with Crippen molar-refractivity contribution < 1.29 is 19.1 Å². The van der Waals surface area contributed by atoms with E-state index in [2.05, 4.69) is 0 Å². The third-order valence-electron chi connectivity index (χ3n) is 4.74. The van der Waals surface area contributed by atoms with Crippen LogP contribution in [0.1, 0.15) is 37.0 Å². The molecule has 0 radical (unpaired) electrons. The maximum Gasteiger partial charge on any atom is 0.293 e. The number of nitrogens with zero attached hydrogens (tertiary/aromatic N) is 1. The molecule has 1 atom stereocenters. The van der Waals surface area contributed by atoms with Gasteiger partial charge in [-0.05, 0) is 61.4 Å². The largest absolute Gasteiger partial charge is 0.493 e. The summed E-state index contributed by atoms with van der Waals surface area (Å²) >= 11 is 7.33. The normalized spacial score (nSPS) is 16.3. The molecule has 1 aliphatic heterocycles. The van der Waals surface area contributed by atoms with Gasteiger partial charge in [-0.25, -0.2) is 0 Å². The van der Waals surface area contributed by atoms with Gasteiger partial charge in [-0.3, -0.25) is 14.5 Å². The lowest BCUT2D eigenvalue weighted by Gasteiger charge is -2.17. The third kappa shape index (κ3) is 4.99. The maximum atomic E-state index is 12.8. The summed E-state index contributed by atoms with van der Waals surface area (Å²) in [7, 11) is 1.54. The zero-order valence-electron chi connectivity index (χ0n) is 17.4. The van der Waals surface area contributed by atoms with Crippen molar-refractivity contribution in [1.82, 2.24) is 4.90 Å². The quantitative estimate of drug-likeness (QED) is 0.484. The lowest BCUT2D eigenvalue weighted by molar-refractivity contribution is -0.123. The number of carbonyl (C=O) groups excluding carboxylic acids is 2. The summed E-state index contributed by atoms with van der Waals surface area (Å²) in [6.45, 7) is 6.19. The van der Waals surface area contributed by atoms with Crippen molar-refractivity contribution in [2.75, 3.05) is 7.11 Å². The van der Waals surface area contributed by atoms with E-state index in [-0.39, 0.29) is 23.8 Å². The second kappa shape index (κ2) is 9.58. The number of hydrogen-bond acceptors (Lipinski definition) is 5. The van der Waals surface area contributed by atoms with Gasteiger partial charge in [0.15, 0.2) is 11.5 Å². The van der Waals surface area contributed by atoms with Crippen LogP contribution in [0.25, 0.3) is 6.08 Å². The summed E-state index contributed by atoms with van der Waals surface area (Å²) in [5.41, 5.74) is 2.65. The number of rotatable bonds is 7. The monoisotopic (exact) mass is 445 g/mol. The molecule has 1 fully saturated rings. The second-order valence-corrected chi connectivity index (χ2v) is 8.53. The Hall–Kier alpha value is -2.44. The van der Waals surface area contributed by atoms with Crippen LogP contribution >= 0.6 is 23.4 Å². The van der Waals surface area contributed by atoms with Crippen LogP contribution in [0.3, 0.4) is 0 Å². The van der Waals surface area contributed by atoms with Crippen molar-refractivity contribution in [2.24, 2.45) is 0 Å². The van der Waals surface area contributed by atoms with Gasteiger partial charge in [-0.2, -0.15) is 0 Å². The SMILES string of the molecule is CC[C@@H](C)Oc1c(Cl)cc(/C=C2\SC(=O)N(Cc3cccc(C)c3)C2=O)cc1OC. The first kappa shape index (κ1) is 22.2. The van der Waals surface area contributed by atoms with Gasteiger partial charge in [0, 0.05) is 0 Å². The number of ether oxygens (including phenoxy) is 2. The van der Waals surface area contributed by atoms with E-state index >= 15 is 0 Å². The van der Waals surface area contributed by atoms with Crippen molar-refractivity contribution in [3.63, 3.8) is 0 Å². The van der Waals surface area contributed by atoms with E-state index in [4.69, 9.17) is 21.1 Å². The number of thioether (sulfide) groups is 1. The number of aryl methyl sites for hydroxylation is 1. The van der Waals surface area contributed by atoms with Crippen LogP contribution in [0.2, 0.25) is 5.02 Å². The molecule has 158 valence electrons. The van der Waals surface area contributed by atoms with Crippen LogP contribution < -0.4 is 9.47 Å². The summed E-state index contributed by atoms with van der Waals surface area (Å²) < 4.78 is 11.3. The van der Waals surface area contributed by atoms with Crippen LogP contribution in [-0.4, -0.2) is 29.3 Å². The van der Waals surface area contributed by atoms with Crippen LogP contribution in [0.4, 0.5) is 4.79 Å². The Morgan fingerprint density at radius 2 is 2.00 bits per heavy atom. The van der Waals surface area contributed by atoms with Gasteiger partial charge in [0.05, 0.1) is 29.7 Å². The average Bonchev–Trinajstić information content (AvgIpc) is 2.97. The van der Waals surface area contributed by atoms with E-state index in [0.29, 0.717) is 27.0 Å². The molecule has 3 rings (SSSR count). The molecule has 0 spiro atoms. The summed E-state index contributed by atoms with van der Waals surface area (Å²) in [6.07, 6.45) is 2.47. The molecular formula is C23H24ClNO4S. The Morgan fingerprint density at radius 1 is 1.23 bits per heavy atom. The van der Waals surface area contributed by atoms with Gasteiger partial charge in [0.25, 0.3) is 11.1 Å². The highest BCUT2D eigenvalue weighted by atomic mass is 35.5. The van der Waals surface area contributed by atoms with Gasteiger partial charge in [0.1, 0.15) is 0 Å². The van der Waals surface area contributed by atoms with E-state index in [1.807, 2.05) is 45.0 Å². The minimum Gasteiger partial charge on any atom is -0.493 e. The van der Waals surface area contributed by atoms with E-state index in [0.717, 1.165) is 29.3 Å². The number of halogens is 1. The van der Waals surface area contributed by atoms with E-state index in [9.17, 15) is 9.59 Å². The predicted octanol–water partition coefficient (Wildman–Crippen LogP) is 6.07. The van der Waals surface area contributed by atoms with Gasteiger partial charge in [-0.15, -0.1) is 0 Å². The molecule has 1 heterocycles. The van der Waals surface area contributed by atoms with Crippen LogP contribution in [0.15, 0.2) is 41.3 Å². The van der Waals surface area contributed by atoms with Crippen LogP contribution in [0.5, 0.6) is 11.5 Å². The summed E-state index contributed by atoms with van der Waals surface area (Å²) in [5, 5.41) is 0.0995. The Balaban J connectivity index is 1.85. The van der Waals surface area contributed by atoms with Crippen molar-refractivity contribution in [3.8, 4) is 11.5 Å². The van der Waals surface area contributed by atoms with Crippen molar-refractivity contribution in [3.05, 3.63) is 63.0 Å². The summed E-state index contributed by atoms with van der Waals surface area (Å²) in [6, 6.07) is 11.2. The molecule has 0 bridgehead atoms. The fourth-order valence-corrected chi connectivity index (χ4v) is 4.10. The van der Waals surface area contributed by atoms with Gasteiger partial charge in [0.2, 0.25) is 0 Å². The number of imide groups is 1. The first-order valence-electron chi connectivity index (χ1n) is 9.67. The summed E-state index contributed by atoms with van der Waals surface area (Å²) in [5.74, 6) is 0.632. The molecule has 0 aromatic heterocycles. The minimum absolute atomic E-state index is 0.0135. The third-order valence-corrected chi connectivity index (χ3v) is 5.93. The second-order valence-electron chi connectivity index (χ2n) is 7.13. The fraction of sp³-hybridized carbons (Fsp3) is 0.304. The van der Waals surface area contributed by atoms with E-state index in [1.165, 1.54) is 12.0 Å². The highest BCUT2D eigenvalue weighted by Gasteiger charge is 2.35. The van der Waals surface area contributed by atoms with E-state index in [1.54, 1.807) is 18.2 Å². The lowest BCUT2D eigenvalue weighted by Crippen LogP contribution is -2.27. The molecule has 0 saturated carbocycles. The Kier molecular flexibility index (Phi) is 7.10. The molecular weight excluding hydrogens is 422 g/mol. The van der Waals surface area contributed by atoms with Gasteiger partial charge >= 0.3 is 0 Å². The maximum absolute atomic E-state index is 12.8. The number of carbonyl (C=O) groups is 2. The lowest BCUT2D eigenvalue weighted by atomic mass is 10.1. The number of methoxy groups -OCH3 is 1. The molecule has 2 aromatic carbocycles. The predicted molar refractivity (Wildman–Crippen MR) is 121 cm³/mol. The molecule has 2 aromatic rings. The first-order valence-corrected chi connectivity index (χ1v) is 10.9. The van der Waals surface area contributed by atoms with Crippen LogP contribution in [-0.2, 0) is 11.3 Å². The number of amides is 2. The highest BCUT2D eigenvalue weighted by Crippen LogP contribution is 2.39. The Labute approximate surface area is 186 Å². The Bertz CT molecular complexity index is 1000. The van der Waals surface area contributed by atoms with Crippen molar-refractivity contribution in [2.45, 2.75) is 39.8 Å². The smallest absolute Gasteiger partial charge is 0.293 e. The fourth-order valence-electron chi connectivity index (χ4n) is 3.00. The first-order chi connectivity index (χ1) is 14.3. The van der Waals surface area contributed by atoms with Crippen molar-refractivity contribution >= 4 is 40.6 Å². The molecule has 7 heteroatoms. The molecule has 0 N–H and O–H groups in total. The highest BCUT2D eigenvalue weighted by molar-refractivity contribution is 8.18. The molecule has 5 nitrogen and oxygen atoms in total. The minimum atomic E-state index is -0.318. The topological polar surface area (TPSA) is 55.8 Å². The summed E-state index contributed by atoms with van der Waals surface area (Å²) in [4.78, 5) is 26.9. The van der Waals surface area contributed by atoms with E-state index < -0.39 is 0 Å². The number of benzene rings is 2. The number of hydrogen-bond donors (Lipinski definition) is 0.